The monoisotopic (exact) mass is 292 g/mol. The first-order valence-corrected chi connectivity index (χ1v) is 7.52. The van der Waals surface area contributed by atoms with Crippen molar-refractivity contribution in [3.63, 3.8) is 0 Å². The molecule has 0 aliphatic carbocycles. The van der Waals surface area contributed by atoms with Crippen LogP contribution in [0.5, 0.6) is 0 Å². The minimum atomic E-state index is -3.62. The number of benzene rings is 1. The highest BCUT2D eigenvalue weighted by Crippen LogP contribution is 2.30. The van der Waals surface area contributed by atoms with Gasteiger partial charge < -0.3 is 4.52 Å². The second kappa shape index (κ2) is 4.71. The third kappa shape index (κ3) is 2.07. The van der Waals surface area contributed by atoms with E-state index in [0.29, 0.717) is 23.8 Å². The molecule has 1 aromatic heterocycles. The molecule has 0 bridgehead atoms. The molecule has 0 atom stereocenters. The smallest absolute Gasteiger partial charge is 0.267 e. The number of hydrogen-bond donors (Lipinski definition) is 0. The first kappa shape index (κ1) is 12.8. The van der Waals surface area contributed by atoms with Crippen molar-refractivity contribution in [3.05, 3.63) is 36.0 Å². The first-order valence-electron chi connectivity index (χ1n) is 6.08. The molecule has 0 fully saturated rings. The van der Waals surface area contributed by atoms with Crippen molar-refractivity contribution in [3.8, 4) is 0 Å². The van der Waals surface area contributed by atoms with E-state index in [2.05, 4.69) is 15.1 Å². The lowest BCUT2D eigenvalue weighted by molar-refractivity contribution is 0.373. The van der Waals surface area contributed by atoms with Gasteiger partial charge in [-0.25, -0.2) is 17.7 Å². The molecule has 0 unspecified atom stereocenters. The van der Waals surface area contributed by atoms with Crippen LogP contribution in [0.25, 0.3) is 0 Å². The van der Waals surface area contributed by atoms with E-state index in [0.717, 1.165) is 4.31 Å². The van der Waals surface area contributed by atoms with E-state index < -0.39 is 10.0 Å². The Bertz CT molecular complexity index is 767. The Kier molecular flexibility index (Phi) is 3.01. The molecule has 20 heavy (non-hydrogen) atoms. The van der Waals surface area contributed by atoms with Crippen LogP contribution in [0.4, 0.5) is 5.69 Å². The summed E-state index contributed by atoms with van der Waals surface area (Å²) in [5, 5.41) is 3.75. The van der Waals surface area contributed by atoms with Crippen LogP contribution in [0.2, 0.25) is 0 Å². The van der Waals surface area contributed by atoms with E-state index in [1.807, 2.05) is 6.92 Å². The highest BCUT2D eigenvalue weighted by atomic mass is 32.2. The molecule has 0 radical (unpaired) electrons. The third-order valence-electron chi connectivity index (χ3n) is 2.89. The number of aryl methyl sites for hydroxylation is 1. The number of aliphatic imine (C=N–C) groups is 1. The number of sulfonamides is 1. The molecule has 0 saturated heterocycles. The van der Waals surface area contributed by atoms with Gasteiger partial charge in [0, 0.05) is 6.42 Å². The summed E-state index contributed by atoms with van der Waals surface area (Å²) in [6.07, 6.45) is 1.89. The molecular formula is C12H12N4O3S. The van der Waals surface area contributed by atoms with Gasteiger partial charge in [0.25, 0.3) is 10.0 Å². The number of aromatic nitrogens is 2. The van der Waals surface area contributed by atoms with Crippen LogP contribution in [0.1, 0.15) is 18.6 Å². The van der Waals surface area contributed by atoms with Gasteiger partial charge in [-0.15, -0.1) is 0 Å². The first-order chi connectivity index (χ1) is 9.61. The summed E-state index contributed by atoms with van der Waals surface area (Å²) in [5.74, 6) is 0.794. The van der Waals surface area contributed by atoms with Crippen molar-refractivity contribution in [1.82, 2.24) is 14.4 Å². The molecule has 2 heterocycles. The number of hydrogen-bond acceptors (Lipinski definition) is 6. The topological polar surface area (TPSA) is 88.7 Å². The average Bonchev–Trinajstić information content (AvgIpc) is 2.90. The average molecular weight is 292 g/mol. The van der Waals surface area contributed by atoms with Crippen molar-refractivity contribution >= 4 is 22.0 Å². The van der Waals surface area contributed by atoms with Gasteiger partial charge >= 0.3 is 0 Å². The normalized spacial score (nSPS) is 16.1. The molecule has 0 saturated carbocycles. The van der Waals surface area contributed by atoms with E-state index >= 15 is 0 Å². The zero-order chi connectivity index (χ0) is 14.2. The minimum absolute atomic E-state index is 0.00364. The van der Waals surface area contributed by atoms with Crippen molar-refractivity contribution < 1.29 is 12.9 Å². The molecule has 0 amide bonds. The molecule has 3 rings (SSSR count). The van der Waals surface area contributed by atoms with Crippen molar-refractivity contribution in [1.29, 1.82) is 0 Å². The van der Waals surface area contributed by atoms with Gasteiger partial charge in [-0.2, -0.15) is 4.98 Å². The fourth-order valence-electron chi connectivity index (χ4n) is 1.86. The fraction of sp³-hybridized carbons (Fsp3) is 0.250. The molecule has 1 aliphatic rings. The third-order valence-corrected chi connectivity index (χ3v) is 4.63. The number of fused-ring (bicyclic) bond motifs is 1. The molecule has 2 aromatic rings. The van der Waals surface area contributed by atoms with Gasteiger partial charge in [-0.1, -0.05) is 24.2 Å². The van der Waals surface area contributed by atoms with Gasteiger partial charge in [0.1, 0.15) is 11.2 Å². The maximum absolute atomic E-state index is 12.4. The standard InChI is InChI=1S/C12H12N4O3S/c1-2-12-14-11(15-19-12)7-16-8-13-9-5-3-4-6-10(9)20(16,17)18/h3-6,8H,2,7H2,1H3. The minimum Gasteiger partial charge on any atom is -0.339 e. The summed E-state index contributed by atoms with van der Waals surface area (Å²) in [6, 6.07) is 6.60. The van der Waals surface area contributed by atoms with E-state index in [1.54, 1.807) is 18.2 Å². The Morgan fingerprint density at radius 2 is 2.10 bits per heavy atom. The van der Waals surface area contributed by atoms with Crippen LogP contribution in [-0.4, -0.2) is 29.2 Å². The zero-order valence-corrected chi connectivity index (χ0v) is 11.5. The van der Waals surface area contributed by atoms with Gasteiger partial charge in [-0.05, 0) is 12.1 Å². The highest BCUT2D eigenvalue weighted by molar-refractivity contribution is 7.89. The number of rotatable bonds is 3. The van der Waals surface area contributed by atoms with Crippen LogP contribution in [0.15, 0.2) is 38.7 Å². The predicted molar refractivity (Wildman–Crippen MR) is 71.0 cm³/mol. The molecule has 8 heteroatoms. The van der Waals surface area contributed by atoms with Crippen LogP contribution in [0, 0.1) is 0 Å². The number of nitrogens with zero attached hydrogens (tertiary/aromatic N) is 4. The summed E-state index contributed by atoms with van der Waals surface area (Å²) in [4.78, 5) is 8.41. The highest BCUT2D eigenvalue weighted by Gasteiger charge is 2.29. The van der Waals surface area contributed by atoms with E-state index in [-0.39, 0.29) is 11.4 Å². The Hall–Kier alpha value is -2.22. The maximum atomic E-state index is 12.4. The summed E-state index contributed by atoms with van der Waals surface area (Å²) in [5.41, 5.74) is 0.436. The molecule has 1 aliphatic heterocycles. The van der Waals surface area contributed by atoms with Crippen LogP contribution < -0.4 is 0 Å². The van der Waals surface area contributed by atoms with Crippen molar-refractivity contribution in [2.75, 3.05) is 0 Å². The molecule has 7 nitrogen and oxygen atoms in total. The predicted octanol–water partition coefficient (Wildman–Crippen LogP) is 1.50. The van der Waals surface area contributed by atoms with E-state index in [1.165, 1.54) is 12.4 Å². The molecule has 0 N–H and O–H groups in total. The summed E-state index contributed by atoms with van der Waals surface area (Å²) >= 11 is 0. The Balaban J connectivity index is 1.93. The number of para-hydroxylation sites is 1. The largest absolute Gasteiger partial charge is 0.339 e. The van der Waals surface area contributed by atoms with Crippen LogP contribution in [-0.2, 0) is 23.0 Å². The summed E-state index contributed by atoms with van der Waals surface area (Å²) in [6.45, 7) is 1.89. The fourth-order valence-corrected chi connectivity index (χ4v) is 3.21. The summed E-state index contributed by atoms with van der Waals surface area (Å²) in [7, 11) is -3.62. The second-order valence-corrected chi connectivity index (χ2v) is 6.08. The molecule has 0 spiro atoms. The summed E-state index contributed by atoms with van der Waals surface area (Å²) < 4.78 is 30.9. The van der Waals surface area contributed by atoms with Gasteiger partial charge in [0.05, 0.1) is 12.2 Å². The van der Waals surface area contributed by atoms with E-state index in [4.69, 9.17) is 4.52 Å². The van der Waals surface area contributed by atoms with Crippen LogP contribution >= 0.6 is 0 Å². The van der Waals surface area contributed by atoms with Crippen molar-refractivity contribution in [2.24, 2.45) is 4.99 Å². The van der Waals surface area contributed by atoms with Gasteiger partial charge in [-0.3, -0.25) is 0 Å². The Labute approximate surface area is 116 Å². The van der Waals surface area contributed by atoms with Gasteiger partial charge in [0.2, 0.25) is 5.89 Å². The molecule has 1 aromatic carbocycles. The van der Waals surface area contributed by atoms with Gasteiger partial charge in [0.15, 0.2) is 5.82 Å². The SMILES string of the molecule is CCc1nc(CN2C=Nc3ccccc3S2(=O)=O)no1. The maximum Gasteiger partial charge on any atom is 0.267 e. The quantitative estimate of drug-likeness (QED) is 0.855. The van der Waals surface area contributed by atoms with Crippen molar-refractivity contribution in [2.45, 2.75) is 24.8 Å². The molecule has 104 valence electrons. The second-order valence-electron chi connectivity index (χ2n) is 4.22. The Morgan fingerprint density at radius 1 is 1.30 bits per heavy atom. The Morgan fingerprint density at radius 3 is 2.85 bits per heavy atom. The lowest BCUT2D eigenvalue weighted by Crippen LogP contribution is -2.31. The zero-order valence-electron chi connectivity index (χ0n) is 10.7. The lowest BCUT2D eigenvalue weighted by Gasteiger charge is -2.22. The van der Waals surface area contributed by atoms with E-state index in [9.17, 15) is 8.42 Å². The van der Waals surface area contributed by atoms with Crippen LogP contribution in [0.3, 0.4) is 0 Å². The molecular weight excluding hydrogens is 280 g/mol. The lowest BCUT2D eigenvalue weighted by atomic mass is 10.3.